The topological polar surface area (TPSA) is 68.9 Å². The number of carbonyl (C=O) groups excluding carboxylic acids is 2. The summed E-state index contributed by atoms with van der Waals surface area (Å²) in [6.07, 6.45) is 1.17. The van der Waals surface area contributed by atoms with Gasteiger partial charge in [-0.1, -0.05) is 20.8 Å². The first-order valence-electron chi connectivity index (χ1n) is 9.85. The molecule has 2 heterocycles. The van der Waals surface area contributed by atoms with Gasteiger partial charge >= 0.3 is 5.97 Å². The van der Waals surface area contributed by atoms with Crippen molar-refractivity contribution in [2.45, 2.75) is 53.4 Å². The van der Waals surface area contributed by atoms with E-state index in [1.54, 1.807) is 11.8 Å². The Morgan fingerprint density at radius 2 is 2.07 bits per heavy atom. The van der Waals surface area contributed by atoms with Crippen LogP contribution in [0.4, 0.5) is 0 Å². The fourth-order valence-corrected chi connectivity index (χ4v) is 4.60. The molecule has 1 aliphatic heterocycles. The maximum absolute atomic E-state index is 13.1. The van der Waals surface area contributed by atoms with E-state index in [2.05, 4.69) is 20.8 Å². The minimum atomic E-state index is -0.624. The van der Waals surface area contributed by atoms with Crippen LogP contribution < -0.4 is 0 Å². The van der Waals surface area contributed by atoms with Crippen LogP contribution in [-0.4, -0.2) is 35.6 Å². The summed E-state index contributed by atoms with van der Waals surface area (Å²) >= 11 is 1.73. The Bertz CT molecular complexity index is 833. The van der Waals surface area contributed by atoms with E-state index in [0.29, 0.717) is 30.1 Å². The number of rotatable bonds is 6. The van der Waals surface area contributed by atoms with Crippen LogP contribution in [0.1, 0.15) is 58.0 Å². The van der Waals surface area contributed by atoms with Crippen LogP contribution in [0.15, 0.2) is 32.8 Å². The Kier molecular flexibility index (Phi) is 6.18. The van der Waals surface area contributed by atoms with E-state index >= 15 is 0 Å². The summed E-state index contributed by atoms with van der Waals surface area (Å²) in [4.78, 5) is 30.8. The lowest BCUT2D eigenvalue weighted by molar-refractivity contribution is -0.146. The van der Waals surface area contributed by atoms with E-state index in [9.17, 15) is 9.59 Å². The maximum atomic E-state index is 13.1. The summed E-state index contributed by atoms with van der Waals surface area (Å²) in [6.45, 7) is 10.3. The molecule has 28 heavy (non-hydrogen) atoms. The lowest BCUT2D eigenvalue weighted by Gasteiger charge is -2.38. The third-order valence-corrected chi connectivity index (χ3v) is 6.16. The van der Waals surface area contributed by atoms with Gasteiger partial charge in [0.15, 0.2) is 5.78 Å². The molecule has 0 saturated heterocycles. The number of aryl methyl sites for hydroxylation is 1. The second-order valence-electron chi connectivity index (χ2n) is 8.32. The van der Waals surface area contributed by atoms with Crippen molar-refractivity contribution in [3.8, 4) is 0 Å². The number of nitrogens with zero attached hydrogens (tertiary/aromatic N) is 1. The molecule has 2 aliphatic rings. The second kappa shape index (κ2) is 8.27. The molecule has 0 saturated carbocycles. The van der Waals surface area contributed by atoms with Gasteiger partial charge in [-0.25, -0.2) is 0 Å². The molecule has 0 N–H and O–H groups in total. The van der Waals surface area contributed by atoms with Crippen molar-refractivity contribution < 1.29 is 18.7 Å². The third kappa shape index (κ3) is 4.27. The fourth-order valence-electron chi connectivity index (χ4n) is 4.11. The highest BCUT2D eigenvalue weighted by Gasteiger charge is 2.47. The van der Waals surface area contributed by atoms with Crippen LogP contribution in [0.2, 0.25) is 0 Å². The molecule has 0 bridgehead atoms. The van der Waals surface area contributed by atoms with Crippen molar-refractivity contribution in [1.82, 2.24) is 0 Å². The van der Waals surface area contributed by atoms with Gasteiger partial charge in [0.25, 0.3) is 0 Å². The molecule has 152 valence electrons. The monoisotopic (exact) mass is 403 g/mol. The van der Waals surface area contributed by atoms with Gasteiger partial charge in [0, 0.05) is 29.2 Å². The number of aliphatic imine (C=N–C) groups is 1. The lowest BCUT2D eigenvalue weighted by Crippen LogP contribution is -2.39. The van der Waals surface area contributed by atoms with Gasteiger partial charge < -0.3 is 9.15 Å². The van der Waals surface area contributed by atoms with Crippen molar-refractivity contribution in [3.63, 3.8) is 0 Å². The van der Waals surface area contributed by atoms with Crippen LogP contribution >= 0.6 is 11.8 Å². The van der Waals surface area contributed by atoms with E-state index in [0.717, 1.165) is 29.4 Å². The Hall–Kier alpha value is -1.82. The molecule has 0 radical (unpaired) electrons. The molecule has 1 unspecified atom stereocenters. The summed E-state index contributed by atoms with van der Waals surface area (Å²) in [7, 11) is 0. The zero-order valence-electron chi connectivity index (χ0n) is 17.3. The Morgan fingerprint density at radius 1 is 1.32 bits per heavy atom. The van der Waals surface area contributed by atoms with Gasteiger partial charge in [0.2, 0.25) is 0 Å². The molecule has 0 aromatic carbocycles. The van der Waals surface area contributed by atoms with Gasteiger partial charge in [-0.2, -0.15) is 11.8 Å². The SMILES string of the molecule is CCSCCOC(=O)C1C(C)=NC2=C(C(=O)CC(C)(C)C2)[C@H]1c1ccc(C)o1. The van der Waals surface area contributed by atoms with Crippen LogP contribution in [0.3, 0.4) is 0 Å². The van der Waals surface area contributed by atoms with Gasteiger partial charge in [0.05, 0.1) is 5.92 Å². The lowest BCUT2D eigenvalue weighted by atomic mass is 9.68. The second-order valence-corrected chi connectivity index (χ2v) is 9.72. The number of hydrogen-bond acceptors (Lipinski definition) is 6. The van der Waals surface area contributed by atoms with E-state index < -0.39 is 11.8 Å². The average Bonchev–Trinajstić information content (AvgIpc) is 3.02. The maximum Gasteiger partial charge on any atom is 0.315 e. The summed E-state index contributed by atoms with van der Waals surface area (Å²) < 4.78 is 11.4. The van der Waals surface area contributed by atoms with Gasteiger partial charge in [-0.3, -0.25) is 14.6 Å². The molecule has 1 aromatic rings. The van der Waals surface area contributed by atoms with Crippen molar-refractivity contribution >= 4 is 29.2 Å². The van der Waals surface area contributed by atoms with Crippen LogP contribution in [-0.2, 0) is 14.3 Å². The molecule has 2 atom stereocenters. The summed E-state index contributed by atoms with van der Waals surface area (Å²) in [6, 6.07) is 3.73. The number of carbonyl (C=O) groups is 2. The van der Waals surface area contributed by atoms with Crippen molar-refractivity contribution in [1.29, 1.82) is 0 Å². The Balaban J connectivity index is 1.98. The molecule has 0 amide bonds. The highest BCUT2D eigenvalue weighted by Crippen LogP contribution is 2.48. The summed E-state index contributed by atoms with van der Waals surface area (Å²) in [5, 5.41) is 0. The van der Waals surface area contributed by atoms with Crippen molar-refractivity contribution in [3.05, 3.63) is 34.9 Å². The molecular formula is C22H29NO4S. The van der Waals surface area contributed by atoms with E-state index in [4.69, 9.17) is 14.1 Å². The molecule has 3 rings (SSSR count). The van der Waals surface area contributed by atoms with Crippen molar-refractivity contribution in [2.24, 2.45) is 16.3 Å². The van der Waals surface area contributed by atoms with Crippen molar-refractivity contribution in [2.75, 3.05) is 18.1 Å². The first-order valence-corrected chi connectivity index (χ1v) is 11.0. The van der Waals surface area contributed by atoms with Gasteiger partial charge in [-0.15, -0.1) is 0 Å². The number of hydrogen-bond donors (Lipinski definition) is 0. The Labute approximate surface area is 171 Å². The number of furan rings is 1. The molecule has 1 aromatic heterocycles. The van der Waals surface area contributed by atoms with Crippen LogP contribution in [0.5, 0.6) is 0 Å². The number of Topliss-reactive ketones (excluding diaryl/α,β-unsaturated/α-hetero) is 1. The predicted molar refractivity (Wildman–Crippen MR) is 112 cm³/mol. The highest BCUT2D eigenvalue weighted by molar-refractivity contribution is 7.99. The average molecular weight is 404 g/mol. The predicted octanol–water partition coefficient (Wildman–Crippen LogP) is 4.70. The number of allylic oxidation sites excluding steroid dienone is 2. The molecule has 5 nitrogen and oxygen atoms in total. The highest BCUT2D eigenvalue weighted by atomic mass is 32.2. The zero-order chi connectivity index (χ0) is 20.5. The third-order valence-electron chi connectivity index (χ3n) is 5.30. The standard InChI is InChI=1S/C22H29NO4S/c1-6-28-10-9-26-21(25)18-14(3)23-15-11-22(4,5)12-16(24)19(15)20(18)17-8-7-13(2)27-17/h7-8,18,20H,6,9-12H2,1-5H3/t18?,20-/m0/s1. The number of ether oxygens (including phenoxy) is 1. The minimum Gasteiger partial charge on any atom is -0.466 e. The fraction of sp³-hybridized carbons (Fsp3) is 0.591. The summed E-state index contributed by atoms with van der Waals surface area (Å²) in [5.74, 6) is 1.77. The zero-order valence-corrected chi connectivity index (χ0v) is 18.1. The smallest absolute Gasteiger partial charge is 0.315 e. The molecule has 6 heteroatoms. The Morgan fingerprint density at radius 3 is 2.71 bits per heavy atom. The summed E-state index contributed by atoms with van der Waals surface area (Å²) in [5.41, 5.74) is 1.98. The van der Waals surface area contributed by atoms with E-state index in [1.165, 1.54) is 0 Å². The van der Waals surface area contributed by atoms with Gasteiger partial charge in [-0.05, 0) is 43.6 Å². The quantitative estimate of drug-likeness (QED) is 0.509. The van der Waals surface area contributed by atoms with Crippen LogP contribution in [0.25, 0.3) is 0 Å². The molecular weight excluding hydrogens is 374 g/mol. The minimum absolute atomic E-state index is 0.0564. The van der Waals surface area contributed by atoms with Crippen LogP contribution in [0, 0.1) is 18.3 Å². The van der Waals surface area contributed by atoms with E-state index in [1.807, 2.05) is 26.0 Å². The first kappa shape index (κ1) is 20.9. The van der Waals surface area contributed by atoms with Gasteiger partial charge in [0.1, 0.15) is 24.0 Å². The largest absolute Gasteiger partial charge is 0.466 e. The first-order chi connectivity index (χ1) is 13.2. The number of thioether (sulfide) groups is 1. The number of esters is 1. The normalized spacial score (nSPS) is 24.0. The molecule has 1 aliphatic carbocycles. The van der Waals surface area contributed by atoms with E-state index in [-0.39, 0.29) is 17.2 Å². The number of ketones is 1. The molecule has 0 fully saturated rings. The molecule has 0 spiro atoms.